The van der Waals surface area contributed by atoms with Crippen molar-refractivity contribution in [1.29, 1.82) is 0 Å². The van der Waals surface area contributed by atoms with Crippen LogP contribution in [0.1, 0.15) is 30.1 Å². The van der Waals surface area contributed by atoms with E-state index in [0.717, 1.165) is 0 Å². The van der Waals surface area contributed by atoms with Crippen LogP contribution in [0.4, 0.5) is 10.5 Å². The van der Waals surface area contributed by atoms with Crippen LogP contribution in [0.25, 0.3) is 0 Å². The van der Waals surface area contributed by atoms with Crippen LogP contribution in [0.3, 0.4) is 0 Å². The van der Waals surface area contributed by atoms with E-state index < -0.39 is 5.97 Å². The second-order valence-electron chi connectivity index (χ2n) is 5.12. The van der Waals surface area contributed by atoms with Gasteiger partial charge in [0.05, 0.1) is 11.3 Å². The minimum Gasteiger partial charge on any atom is -0.478 e. The number of nitrogens with one attached hydrogen (secondary N) is 2. The van der Waals surface area contributed by atoms with Crippen molar-refractivity contribution in [3.63, 3.8) is 0 Å². The second-order valence-corrected chi connectivity index (χ2v) is 5.97. The molecular weight excluding hydrogens is 324 g/mol. The first-order chi connectivity index (χ1) is 9.49. The van der Waals surface area contributed by atoms with Crippen molar-refractivity contribution in [3.05, 3.63) is 28.2 Å². The third kappa shape index (κ3) is 3.72. The van der Waals surface area contributed by atoms with Crippen molar-refractivity contribution in [2.45, 2.75) is 19.8 Å². The predicted octanol–water partition coefficient (Wildman–Crippen LogP) is 3.31. The highest BCUT2D eigenvalue weighted by Gasteiger charge is 2.28. The molecule has 0 bridgehead atoms. The molecule has 5 nitrogen and oxygen atoms in total. The number of para-hydroxylation sites is 1. The lowest BCUT2D eigenvalue weighted by Crippen LogP contribution is -2.33. The van der Waals surface area contributed by atoms with E-state index in [1.54, 1.807) is 12.1 Å². The van der Waals surface area contributed by atoms with Crippen LogP contribution in [0.15, 0.2) is 22.7 Å². The molecule has 1 atom stereocenters. The number of anilines is 1. The van der Waals surface area contributed by atoms with E-state index in [4.69, 9.17) is 5.11 Å². The molecule has 0 aromatic heterocycles. The molecule has 1 aliphatic carbocycles. The molecule has 1 aromatic carbocycles. The maximum absolute atomic E-state index is 11.9. The van der Waals surface area contributed by atoms with Crippen molar-refractivity contribution < 1.29 is 14.7 Å². The third-order valence-corrected chi connectivity index (χ3v) is 4.15. The number of carbonyl (C=O) groups is 2. The van der Waals surface area contributed by atoms with Gasteiger partial charge in [-0.1, -0.05) is 13.0 Å². The number of aromatic carboxylic acids is 1. The normalized spacial score (nSPS) is 15.5. The second kappa shape index (κ2) is 6.26. The Labute approximate surface area is 125 Å². The summed E-state index contributed by atoms with van der Waals surface area (Å²) in [5.41, 5.74) is 0.335. The smallest absolute Gasteiger partial charge is 0.337 e. The maximum atomic E-state index is 11.9. The first kappa shape index (κ1) is 14.8. The largest absolute Gasteiger partial charge is 0.478 e. The summed E-state index contributed by atoms with van der Waals surface area (Å²) in [7, 11) is 0. The fourth-order valence-corrected chi connectivity index (χ4v) is 2.54. The van der Waals surface area contributed by atoms with E-state index in [-0.39, 0.29) is 17.3 Å². The number of amides is 2. The van der Waals surface area contributed by atoms with Gasteiger partial charge in [-0.2, -0.15) is 0 Å². The van der Waals surface area contributed by atoms with Gasteiger partial charge in [-0.25, -0.2) is 9.59 Å². The summed E-state index contributed by atoms with van der Waals surface area (Å²) in [6.45, 7) is 2.71. The minimum absolute atomic E-state index is 0.0600. The highest BCUT2D eigenvalue weighted by Crippen LogP contribution is 2.36. The molecule has 6 heteroatoms. The number of carboxylic acids is 1. The zero-order valence-corrected chi connectivity index (χ0v) is 12.7. The molecular formula is C14H17BrN2O3. The predicted molar refractivity (Wildman–Crippen MR) is 80.0 cm³/mol. The summed E-state index contributed by atoms with van der Waals surface area (Å²) in [5.74, 6) is 0.0974. The summed E-state index contributed by atoms with van der Waals surface area (Å²) in [6, 6.07) is 4.38. The molecule has 20 heavy (non-hydrogen) atoms. The highest BCUT2D eigenvalue weighted by molar-refractivity contribution is 9.10. The molecule has 0 radical (unpaired) electrons. The molecule has 0 saturated heterocycles. The molecule has 0 heterocycles. The van der Waals surface area contributed by atoms with Crippen molar-refractivity contribution in [1.82, 2.24) is 5.32 Å². The van der Waals surface area contributed by atoms with Gasteiger partial charge in [-0.05, 0) is 52.7 Å². The Bertz CT molecular complexity index is 529. The van der Waals surface area contributed by atoms with Crippen LogP contribution in [0, 0.1) is 11.8 Å². The standard InChI is InChI=1S/C14H17BrN2O3/c1-8(9-5-6-9)7-16-14(20)17-12-10(13(18)19)3-2-4-11(12)15/h2-4,8-9H,5-7H2,1H3,(H,18,19)(H2,16,17,20). The lowest BCUT2D eigenvalue weighted by molar-refractivity contribution is 0.0698. The monoisotopic (exact) mass is 340 g/mol. The number of halogens is 1. The summed E-state index contributed by atoms with van der Waals surface area (Å²) < 4.78 is 0.544. The molecule has 1 fully saturated rings. The lowest BCUT2D eigenvalue weighted by atomic mass is 10.1. The number of hydrogen-bond donors (Lipinski definition) is 3. The molecule has 2 amide bonds. The van der Waals surface area contributed by atoms with Crippen LogP contribution < -0.4 is 10.6 Å². The minimum atomic E-state index is -1.08. The fourth-order valence-electron chi connectivity index (χ4n) is 2.07. The molecule has 1 saturated carbocycles. The van der Waals surface area contributed by atoms with Crippen LogP contribution >= 0.6 is 15.9 Å². The molecule has 1 unspecified atom stereocenters. The number of urea groups is 1. The average molecular weight is 341 g/mol. The quantitative estimate of drug-likeness (QED) is 0.769. The van der Waals surface area contributed by atoms with Gasteiger partial charge in [0.1, 0.15) is 0 Å². The molecule has 1 aromatic rings. The van der Waals surface area contributed by atoms with Gasteiger partial charge in [0.25, 0.3) is 0 Å². The zero-order valence-electron chi connectivity index (χ0n) is 11.1. The topological polar surface area (TPSA) is 78.4 Å². The first-order valence-electron chi connectivity index (χ1n) is 6.55. The summed E-state index contributed by atoms with van der Waals surface area (Å²) >= 11 is 3.25. The van der Waals surface area contributed by atoms with Gasteiger partial charge in [0.15, 0.2) is 0 Å². The summed E-state index contributed by atoms with van der Waals surface area (Å²) in [5, 5.41) is 14.5. The Balaban J connectivity index is 1.98. The van der Waals surface area contributed by atoms with E-state index in [9.17, 15) is 9.59 Å². The van der Waals surface area contributed by atoms with E-state index >= 15 is 0 Å². The Kier molecular flexibility index (Phi) is 4.65. The van der Waals surface area contributed by atoms with Crippen molar-refractivity contribution in [2.75, 3.05) is 11.9 Å². The third-order valence-electron chi connectivity index (χ3n) is 3.49. The fraction of sp³-hybridized carbons (Fsp3) is 0.429. The van der Waals surface area contributed by atoms with Crippen LogP contribution in [-0.4, -0.2) is 23.7 Å². The van der Waals surface area contributed by atoms with Crippen molar-refractivity contribution in [3.8, 4) is 0 Å². The SMILES string of the molecule is CC(CNC(=O)Nc1c(Br)cccc1C(=O)O)C1CC1. The lowest BCUT2D eigenvalue weighted by Gasteiger charge is -2.14. The highest BCUT2D eigenvalue weighted by atomic mass is 79.9. The average Bonchev–Trinajstić information content (AvgIpc) is 3.22. The van der Waals surface area contributed by atoms with E-state index in [2.05, 4.69) is 33.5 Å². The number of hydrogen-bond acceptors (Lipinski definition) is 2. The van der Waals surface area contributed by atoms with Crippen LogP contribution in [0.5, 0.6) is 0 Å². The number of carboxylic acid groups (broad SMARTS) is 1. The van der Waals surface area contributed by atoms with Gasteiger partial charge in [-0.3, -0.25) is 0 Å². The van der Waals surface area contributed by atoms with Crippen molar-refractivity contribution in [2.24, 2.45) is 11.8 Å². The Hall–Kier alpha value is -1.56. The van der Waals surface area contributed by atoms with E-state index in [0.29, 0.717) is 22.9 Å². The Morgan fingerprint density at radius 2 is 2.15 bits per heavy atom. The van der Waals surface area contributed by atoms with Crippen LogP contribution in [0.2, 0.25) is 0 Å². The van der Waals surface area contributed by atoms with E-state index in [1.807, 2.05) is 0 Å². The molecule has 3 N–H and O–H groups in total. The van der Waals surface area contributed by atoms with Gasteiger partial charge >= 0.3 is 12.0 Å². The Morgan fingerprint density at radius 1 is 1.45 bits per heavy atom. The number of benzene rings is 1. The van der Waals surface area contributed by atoms with Gasteiger partial charge in [-0.15, -0.1) is 0 Å². The van der Waals surface area contributed by atoms with Crippen LogP contribution in [-0.2, 0) is 0 Å². The molecule has 0 spiro atoms. The number of carbonyl (C=O) groups excluding carboxylic acids is 1. The Morgan fingerprint density at radius 3 is 2.75 bits per heavy atom. The summed E-state index contributed by atoms with van der Waals surface area (Å²) in [6.07, 6.45) is 2.47. The first-order valence-corrected chi connectivity index (χ1v) is 7.35. The van der Waals surface area contributed by atoms with E-state index in [1.165, 1.54) is 18.9 Å². The van der Waals surface area contributed by atoms with Gasteiger partial charge in [0.2, 0.25) is 0 Å². The van der Waals surface area contributed by atoms with Gasteiger partial charge < -0.3 is 15.7 Å². The van der Waals surface area contributed by atoms with Gasteiger partial charge in [0, 0.05) is 11.0 Å². The molecule has 2 rings (SSSR count). The maximum Gasteiger partial charge on any atom is 0.337 e. The molecule has 1 aliphatic rings. The zero-order chi connectivity index (χ0) is 14.7. The molecule has 108 valence electrons. The molecule has 0 aliphatic heterocycles. The summed E-state index contributed by atoms with van der Waals surface area (Å²) in [4.78, 5) is 23.0. The van der Waals surface area contributed by atoms with Crippen molar-refractivity contribution >= 4 is 33.6 Å². The number of rotatable bonds is 5.